The summed E-state index contributed by atoms with van der Waals surface area (Å²) in [6, 6.07) is 0.873. The van der Waals surface area contributed by atoms with Crippen molar-refractivity contribution in [1.29, 1.82) is 0 Å². The van der Waals surface area contributed by atoms with Gasteiger partial charge in [0.05, 0.1) is 0 Å². The molecule has 0 aromatic rings. The van der Waals surface area contributed by atoms with Crippen molar-refractivity contribution in [2.45, 2.75) is 52.5 Å². The quantitative estimate of drug-likeness (QED) is 0.836. The van der Waals surface area contributed by atoms with E-state index in [-0.39, 0.29) is 12.4 Å². The second kappa shape index (κ2) is 6.40. The van der Waals surface area contributed by atoms with E-state index in [2.05, 4.69) is 31.0 Å². The second-order valence-electron chi connectivity index (χ2n) is 6.63. The number of hydrogen-bond donors (Lipinski definition) is 1. The molecule has 0 saturated carbocycles. The molecule has 0 spiro atoms. The molecular weight excluding hydrogens is 232 g/mol. The Morgan fingerprint density at radius 1 is 1.41 bits per heavy atom. The Hall–Kier alpha value is 0.210. The number of rotatable bonds is 4. The fourth-order valence-electron chi connectivity index (χ4n) is 3.41. The predicted molar refractivity (Wildman–Crippen MR) is 76.9 cm³/mol. The Morgan fingerprint density at radius 2 is 2.18 bits per heavy atom. The standard InChI is InChI=1S/C14H28N2.ClH/c1-12(2)9-13-5-4-8-16(13)11-14(3)6-7-15-10-14;/h12-13,15H,4-11H2,1-3H3;1H. The summed E-state index contributed by atoms with van der Waals surface area (Å²) in [6.07, 6.45) is 5.60. The molecule has 2 nitrogen and oxygen atoms in total. The molecule has 0 radical (unpaired) electrons. The Bertz CT molecular complexity index is 224. The molecular formula is C14H29ClN2. The predicted octanol–water partition coefficient (Wildman–Crippen LogP) is 2.92. The van der Waals surface area contributed by atoms with Crippen LogP contribution >= 0.6 is 12.4 Å². The zero-order valence-corrected chi connectivity index (χ0v) is 12.5. The maximum atomic E-state index is 3.52. The van der Waals surface area contributed by atoms with E-state index in [0.717, 1.165) is 12.0 Å². The van der Waals surface area contributed by atoms with E-state index in [9.17, 15) is 0 Å². The van der Waals surface area contributed by atoms with Crippen LogP contribution in [0.4, 0.5) is 0 Å². The van der Waals surface area contributed by atoms with E-state index in [4.69, 9.17) is 0 Å². The van der Waals surface area contributed by atoms with Crippen LogP contribution in [-0.2, 0) is 0 Å². The van der Waals surface area contributed by atoms with Crippen LogP contribution in [0, 0.1) is 11.3 Å². The third-order valence-corrected chi connectivity index (χ3v) is 4.28. The minimum absolute atomic E-state index is 0. The smallest absolute Gasteiger partial charge is 0.00984 e. The van der Waals surface area contributed by atoms with Crippen LogP contribution in [0.2, 0.25) is 0 Å². The molecule has 2 aliphatic rings. The van der Waals surface area contributed by atoms with Crippen LogP contribution in [0.1, 0.15) is 46.5 Å². The lowest BCUT2D eigenvalue weighted by Crippen LogP contribution is -2.40. The zero-order chi connectivity index (χ0) is 11.6. The summed E-state index contributed by atoms with van der Waals surface area (Å²) < 4.78 is 0. The summed E-state index contributed by atoms with van der Waals surface area (Å²) in [5.74, 6) is 0.847. The molecule has 2 rings (SSSR count). The monoisotopic (exact) mass is 260 g/mol. The Labute approximate surface area is 113 Å². The van der Waals surface area contributed by atoms with Gasteiger partial charge in [-0.1, -0.05) is 20.8 Å². The van der Waals surface area contributed by atoms with Crippen LogP contribution in [0.15, 0.2) is 0 Å². The van der Waals surface area contributed by atoms with Crippen LogP contribution < -0.4 is 5.32 Å². The average molecular weight is 261 g/mol. The van der Waals surface area contributed by atoms with E-state index in [1.54, 1.807) is 0 Å². The number of likely N-dealkylation sites (tertiary alicyclic amines) is 1. The molecule has 0 amide bonds. The fraction of sp³-hybridized carbons (Fsp3) is 1.00. The maximum Gasteiger partial charge on any atom is 0.00984 e. The number of nitrogens with zero attached hydrogens (tertiary/aromatic N) is 1. The molecule has 0 aliphatic carbocycles. The minimum Gasteiger partial charge on any atom is -0.316 e. The molecule has 2 saturated heterocycles. The molecule has 0 aromatic carbocycles. The van der Waals surface area contributed by atoms with E-state index in [1.165, 1.54) is 51.9 Å². The number of hydrogen-bond acceptors (Lipinski definition) is 2. The van der Waals surface area contributed by atoms with Gasteiger partial charge in [0.25, 0.3) is 0 Å². The summed E-state index contributed by atoms with van der Waals surface area (Å²) in [4.78, 5) is 2.77. The average Bonchev–Trinajstić information content (AvgIpc) is 2.77. The highest BCUT2D eigenvalue weighted by Crippen LogP contribution is 2.31. The van der Waals surface area contributed by atoms with Gasteiger partial charge in [-0.15, -0.1) is 12.4 Å². The first-order valence-corrected chi connectivity index (χ1v) is 7.04. The Balaban J connectivity index is 0.00000144. The topological polar surface area (TPSA) is 15.3 Å². The van der Waals surface area contributed by atoms with Gasteiger partial charge in [0.1, 0.15) is 0 Å². The molecule has 2 fully saturated rings. The number of nitrogens with one attached hydrogen (secondary N) is 1. The normalized spacial score (nSPS) is 34.2. The third-order valence-electron chi connectivity index (χ3n) is 4.28. The summed E-state index contributed by atoms with van der Waals surface area (Å²) in [5, 5.41) is 3.52. The highest BCUT2D eigenvalue weighted by atomic mass is 35.5. The van der Waals surface area contributed by atoms with Gasteiger partial charge < -0.3 is 5.32 Å². The van der Waals surface area contributed by atoms with Gasteiger partial charge in [-0.05, 0) is 50.1 Å². The second-order valence-corrected chi connectivity index (χ2v) is 6.63. The lowest BCUT2D eigenvalue weighted by atomic mass is 9.88. The van der Waals surface area contributed by atoms with Crippen LogP contribution in [0.25, 0.3) is 0 Å². The SMILES string of the molecule is CC(C)CC1CCCN1CC1(C)CCNC1.Cl. The fourth-order valence-corrected chi connectivity index (χ4v) is 3.41. The van der Waals surface area contributed by atoms with Gasteiger partial charge in [0.2, 0.25) is 0 Å². The first kappa shape index (κ1) is 15.3. The molecule has 102 valence electrons. The van der Waals surface area contributed by atoms with E-state index in [1.807, 2.05) is 0 Å². The van der Waals surface area contributed by atoms with Gasteiger partial charge in [-0.2, -0.15) is 0 Å². The summed E-state index contributed by atoms with van der Waals surface area (Å²) >= 11 is 0. The van der Waals surface area contributed by atoms with Gasteiger partial charge in [0, 0.05) is 19.1 Å². The van der Waals surface area contributed by atoms with Gasteiger partial charge in [-0.3, -0.25) is 4.90 Å². The molecule has 3 heteroatoms. The molecule has 2 aliphatic heterocycles. The Morgan fingerprint density at radius 3 is 2.76 bits per heavy atom. The number of halogens is 1. The van der Waals surface area contributed by atoms with Crippen molar-refractivity contribution in [1.82, 2.24) is 10.2 Å². The molecule has 17 heavy (non-hydrogen) atoms. The first-order chi connectivity index (χ1) is 7.59. The summed E-state index contributed by atoms with van der Waals surface area (Å²) in [6.45, 7) is 12.3. The molecule has 0 aromatic heterocycles. The zero-order valence-electron chi connectivity index (χ0n) is 11.7. The van der Waals surface area contributed by atoms with Gasteiger partial charge >= 0.3 is 0 Å². The first-order valence-electron chi connectivity index (χ1n) is 7.04. The van der Waals surface area contributed by atoms with Gasteiger partial charge in [-0.25, -0.2) is 0 Å². The highest BCUT2D eigenvalue weighted by molar-refractivity contribution is 5.85. The largest absolute Gasteiger partial charge is 0.316 e. The summed E-state index contributed by atoms with van der Waals surface area (Å²) in [7, 11) is 0. The van der Waals surface area contributed by atoms with Crippen molar-refractivity contribution < 1.29 is 0 Å². The van der Waals surface area contributed by atoms with Crippen LogP contribution in [-0.4, -0.2) is 37.1 Å². The molecule has 1 N–H and O–H groups in total. The molecule has 2 heterocycles. The lowest BCUT2D eigenvalue weighted by molar-refractivity contribution is 0.151. The summed E-state index contributed by atoms with van der Waals surface area (Å²) in [5.41, 5.74) is 0.541. The van der Waals surface area contributed by atoms with E-state index < -0.39 is 0 Å². The van der Waals surface area contributed by atoms with Gasteiger partial charge in [0.15, 0.2) is 0 Å². The Kier molecular flexibility index (Phi) is 5.75. The van der Waals surface area contributed by atoms with Crippen molar-refractivity contribution in [3.05, 3.63) is 0 Å². The molecule has 0 bridgehead atoms. The van der Waals surface area contributed by atoms with Crippen molar-refractivity contribution in [2.75, 3.05) is 26.2 Å². The van der Waals surface area contributed by atoms with Crippen LogP contribution in [0.5, 0.6) is 0 Å². The van der Waals surface area contributed by atoms with Crippen molar-refractivity contribution in [2.24, 2.45) is 11.3 Å². The van der Waals surface area contributed by atoms with Crippen molar-refractivity contribution >= 4 is 12.4 Å². The van der Waals surface area contributed by atoms with E-state index in [0.29, 0.717) is 5.41 Å². The van der Waals surface area contributed by atoms with E-state index >= 15 is 0 Å². The molecule has 2 atom stereocenters. The minimum atomic E-state index is 0. The lowest BCUT2D eigenvalue weighted by Gasteiger charge is -2.33. The third kappa shape index (κ3) is 4.11. The highest BCUT2D eigenvalue weighted by Gasteiger charge is 2.34. The van der Waals surface area contributed by atoms with Crippen molar-refractivity contribution in [3.63, 3.8) is 0 Å². The van der Waals surface area contributed by atoms with Crippen LogP contribution in [0.3, 0.4) is 0 Å². The molecule has 2 unspecified atom stereocenters. The maximum absolute atomic E-state index is 3.52. The van der Waals surface area contributed by atoms with Crippen molar-refractivity contribution in [3.8, 4) is 0 Å².